The van der Waals surface area contributed by atoms with Crippen molar-refractivity contribution < 1.29 is 17.9 Å². The molecule has 24 heavy (non-hydrogen) atoms. The molecule has 0 spiro atoms. The van der Waals surface area contributed by atoms with Crippen LogP contribution in [0.15, 0.2) is 18.2 Å². The molecule has 0 aromatic heterocycles. The molecule has 0 heterocycles. The Labute approximate surface area is 145 Å². The number of hydrogen-bond acceptors (Lipinski definition) is 2. The van der Waals surface area contributed by atoms with Crippen molar-refractivity contribution >= 4 is 8.32 Å². The van der Waals surface area contributed by atoms with Gasteiger partial charge in [-0.05, 0) is 67.4 Å². The maximum Gasteiger partial charge on any atom is 0.387 e. The first-order chi connectivity index (χ1) is 11.1. The highest BCUT2D eigenvalue weighted by Gasteiger charge is 2.37. The minimum atomic E-state index is -2.82. The zero-order valence-electron chi connectivity index (χ0n) is 15.4. The first-order valence-corrected chi connectivity index (χ1v) is 11.5. The number of ether oxygens (including phenoxy) is 1. The van der Waals surface area contributed by atoms with Crippen LogP contribution in [-0.4, -0.2) is 14.9 Å². The first-order valence-electron chi connectivity index (χ1n) is 8.63. The summed E-state index contributed by atoms with van der Waals surface area (Å²) in [7, 11) is -1.95. The smallest absolute Gasteiger partial charge is 0.387 e. The van der Waals surface area contributed by atoms with Gasteiger partial charge in [0.2, 0.25) is 0 Å². The van der Waals surface area contributed by atoms with Gasteiger partial charge in [-0.3, -0.25) is 0 Å². The molecule has 1 aliphatic rings. The van der Waals surface area contributed by atoms with Gasteiger partial charge in [-0.25, -0.2) is 0 Å². The van der Waals surface area contributed by atoms with Gasteiger partial charge in [0.1, 0.15) is 5.75 Å². The lowest BCUT2D eigenvalue weighted by atomic mass is 9.96. The fourth-order valence-electron chi connectivity index (χ4n) is 2.71. The van der Waals surface area contributed by atoms with Crippen LogP contribution in [0.3, 0.4) is 0 Å². The molecule has 0 N–H and O–H groups in total. The van der Waals surface area contributed by atoms with Crippen LogP contribution in [-0.2, 0) is 11.0 Å². The Balaban J connectivity index is 2.21. The number of alkyl halides is 2. The molecule has 1 atom stereocenters. The molecule has 0 aliphatic heterocycles. The van der Waals surface area contributed by atoms with Crippen LogP contribution in [0.25, 0.3) is 0 Å². The van der Waals surface area contributed by atoms with E-state index in [0.717, 1.165) is 24.8 Å². The first kappa shape index (κ1) is 19.4. The normalized spacial score (nSPS) is 16.8. The van der Waals surface area contributed by atoms with E-state index in [1.54, 1.807) is 6.07 Å². The molecular weight excluding hydrogens is 326 g/mol. The van der Waals surface area contributed by atoms with Crippen LogP contribution in [0, 0.1) is 6.42 Å². The predicted octanol–water partition coefficient (Wildman–Crippen LogP) is 6.28. The van der Waals surface area contributed by atoms with E-state index in [9.17, 15) is 8.78 Å². The molecule has 135 valence electrons. The Bertz CT molecular complexity index is 547. The van der Waals surface area contributed by atoms with Gasteiger partial charge in [0, 0.05) is 5.56 Å². The largest absolute Gasteiger partial charge is 0.434 e. The summed E-state index contributed by atoms with van der Waals surface area (Å²) in [5.41, 5.74) is 1.92. The van der Waals surface area contributed by atoms with Crippen LogP contribution in [0.1, 0.15) is 57.1 Å². The van der Waals surface area contributed by atoms with E-state index in [1.807, 2.05) is 12.1 Å². The number of hydrogen-bond donors (Lipinski definition) is 0. The number of halogens is 2. The summed E-state index contributed by atoms with van der Waals surface area (Å²) in [6, 6.07) is 5.58. The van der Waals surface area contributed by atoms with Crippen LogP contribution >= 0.6 is 0 Å². The van der Waals surface area contributed by atoms with Gasteiger partial charge in [0.05, 0.1) is 6.61 Å². The monoisotopic (exact) mass is 355 g/mol. The van der Waals surface area contributed by atoms with E-state index in [2.05, 4.69) is 40.3 Å². The maximum atomic E-state index is 12.7. The van der Waals surface area contributed by atoms with Crippen molar-refractivity contribution in [2.45, 2.75) is 77.3 Å². The van der Waals surface area contributed by atoms with Gasteiger partial charge < -0.3 is 9.16 Å². The third-order valence-electron chi connectivity index (χ3n) is 5.34. The summed E-state index contributed by atoms with van der Waals surface area (Å²) in [5, 5.41) is 0.0781. The number of rotatable bonds is 6. The molecule has 1 fully saturated rings. The van der Waals surface area contributed by atoms with E-state index >= 15 is 0 Å². The van der Waals surface area contributed by atoms with Crippen molar-refractivity contribution in [2.24, 2.45) is 0 Å². The van der Waals surface area contributed by atoms with E-state index in [-0.39, 0.29) is 10.8 Å². The molecule has 1 aliphatic carbocycles. The molecule has 1 aromatic rings. The zero-order valence-corrected chi connectivity index (χ0v) is 16.4. The van der Waals surface area contributed by atoms with Crippen molar-refractivity contribution in [3.05, 3.63) is 35.7 Å². The summed E-state index contributed by atoms with van der Waals surface area (Å²) in [6.07, 6.45) is 5.59. The van der Waals surface area contributed by atoms with Crippen LogP contribution in [0.4, 0.5) is 8.78 Å². The molecule has 2 nitrogen and oxygen atoms in total. The second-order valence-corrected chi connectivity index (χ2v) is 12.9. The van der Waals surface area contributed by atoms with Gasteiger partial charge in [0.15, 0.2) is 8.32 Å². The average Bonchev–Trinajstić information content (AvgIpc) is 2.98. The van der Waals surface area contributed by atoms with Gasteiger partial charge in [-0.1, -0.05) is 26.8 Å². The Morgan fingerprint density at radius 3 is 2.50 bits per heavy atom. The molecule has 2 rings (SSSR count). The minimum absolute atomic E-state index is 0.0781. The van der Waals surface area contributed by atoms with E-state index < -0.39 is 14.9 Å². The fourth-order valence-corrected chi connectivity index (χ4v) is 3.66. The second-order valence-electron chi connectivity index (χ2n) is 8.09. The zero-order chi connectivity index (χ0) is 18.0. The van der Waals surface area contributed by atoms with Crippen molar-refractivity contribution in [3.8, 4) is 5.75 Å². The Hall–Kier alpha value is -0.943. The van der Waals surface area contributed by atoms with E-state index in [0.29, 0.717) is 12.5 Å². The van der Waals surface area contributed by atoms with Crippen LogP contribution in [0.2, 0.25) is 18.1 Å². The highest BCUT2D eigenvalue weighted by molar-refractivity contribution is 6.74. The van der Waals surface area contributed by atoms with Crippen molar-refractivity contribution in [2.75, 3.05) is 0 Å². The van der Waals surface area contributed by atoms with Crippen molar-refractivity contribution in [1.29, 1.82) is 0 Å². The summed E-state index contributed by atoms with van der Waals surface area (Å²) in [4.78, 5) is 0. The van der Waals surface area contributed by atoms with Crippen molar-refractivity contribution in [3.63, 3.8) is 0 Å². The van der Waals surface area contributed by atoms with Gasteiger partial charge in [-0.15, -0.1) is 0 Å². The highest BCUT2D eigenvalue weighted by atomic mass is 28.4. The molecular formula is C19H29F2O2Si. The fraction of sp³-hybridized carbons (Fsp3) is 0.632. The van der Waals surface area contributed by atoms with Crippen LogP contribution in [0.5, 0.6) is 5.75 Å². The molecule has 1 unspecified atom stereocenters. The van der Waals surface area contributed by atoms with E-state index in [1.165, 1.54) is 5.56 Å². The second kappa shape index (κ2) is 7.52. The Morgan fingerprint density at radius 2 is 1.96 bits per heavy atom. The average molecular weight is 356 g/mol. The molecule has 1 radical (unpaired) electrons. The lowest BCUT2D eigenvalue weighted by molar-refractivity contribution is -0.0509. The van der Waals surface area contributed by atoms with Gasteiger partial charge in [-0.2, -0.15) is 8.78 Å². The molecule has 5 heteroatoms. The summed E-state index contributed by atoms with van der Waals surface area (Å²) in [6.45, 7) is 8.33. The summed E-state index contributed by atoms with van der Waals surface area (Å²) < 4.78 is 36.3. The van der Waals surface area contributed by atoms with E-state index in [4.69, 9.17) is 9.16 Å². The predicted molar refractivity (Wildman–Crippen MR) is 96.0 cm³/mol. The highest BCUT2D eigenvalue weighted by Crippen LogP contribution is 2.39. The Kier molecular flexibility index (Phi) is 6.08. The third kappa shape index (κ3) is 4.79. The third-order valence-corrected chi connectivity index (χ3v) is 9.82. The standard InChI is InChI=1S/C19H29F2O2Si/c1-19(2,3)24(4,5)22-13-16-12-15(14-8-6-7-9-14)10-11-17(16)23-18(20)21/h6,10-12,14,18H,7-9,13H2,1-5H3. The topological polar surface area (TPSA) is 18.5 Å². The molecule has 1 aromatic carbocycles. The minimum Gasteiger partial charge on any atom is -0.434 e. The summed E-state index contributed by atoms with van der Waals surface area (Å²) in [5.74, 6) is 0.714. The lowest BCUT2D eigenvalue weighted by Gasteiger charge is -2.36. The molecule has 0 bridgehead atoms. The van der Waals surface area contributed by atoms with Crippen LogP contribution < -0.4 is 4.74 Å². The Morgan fingerprint density at radius 1 is 1.25 bits per heavy atom. The maximum absolute atomic E-state index is 12.7. The quantitative estimate of drug-likeness (QED) is 0.559. The molecule has 1 saturated carbocycles. The van der Waals surface area contributed by atoms with Crippen molar-refractivity contribution in [1.82, 2.24) is 0 Å². The molecule has 0 amide bonds. The molecule has 0 saturated heterocycles. The van der Waals surface area contributed by atoms with Gasteiger partial charge >= 0.3 is 6.61 Å². The lowest BCUT2D eigenvalue weighted by Crippen LogP contribution is -2.40. The SMILES string of the molecule is CC(C)(C)[Si](C)(C)OCc1cc(C2C[CH]CC2)ccc1OC(F)F. The number of benzene rings is 1. The summed E-state index contributed by atoms with van der Waals surface area (Å²) >= 11 is 0. The van der Waals surface area contributed by atoms with Gasteiger partial charge in [0.25, 0.3) is 0 Å².